The highest BCUT2D eigenvalue weighted by Crippen LogP contribution is 2.35. The quantitative estimate of drug-likeness (QED) is 0.707. The predicted molar refractivity (Wildman–Crippen MR) is 92.7 cm³/mol. The van der Waals surface area contributed by atoms with Crippen LogP contribution in [0.3, 0.4) is 0 Å². The Morgan fingerprint density at radius 2 is 1.88 bits per heavy atom. The first-order valence-electron chi connectivity index (χ1n) is 7.71. The van der Waals surface area contributed by atoms with E-state index in [1.165, 1.54) is 19.2 Å². The molecule has 0 radical (unpaired) electrons. The first-order chi connectivity index (χ1) is 12.0. The van der Waals surface area contributed by atoms with Crippen LogP contribution in [-0.4, -0.2) is 23.2 Å². The number of anilines is 1. The molecule has 0 saturated carbocycles. The maximum atomic E-state index is 14.0. The maximum Gasteiger partial charge on any atom is 0.258 e. The zero-order valence-corrected chi connectivity index (χ0v) is 14.1. The van der Waals surface area contributed by atoms with Crippen molar-refractivity contribution in [1.82, 2.24) is 9.97 Å². The van der Waals surface area contributed by atoms with Crippen molar-refractivity contribution in [3.63, 3.8) is 0 Å². The van der Waals surface area contributed by atoms with Crippen LogP contribution in [0, 0.1) is 5.82 Å². The lowest BCUT2D eigenvalue weighted by molar-refractivity contribution is 0.221. The van der Waals surface area contributed by atoms with Crippen molar-refractivity contribution in [2.75, 3.05) is 12.8 Å². The number of nitrogens with two attached hydrogens (primary N) is 1. The molecule has 0 bridgehead atoms. The molecule has 7 heteroatoms. The Balaban J connectivity index is 2.08. The SMILES string of the molecule is COc1cc2nccc(Oc3ccc(N)cc3F)c2nc1OC(C)C. The number of methoxy groups -OCH3 is 1. The lowest BCUT2D eigenvalue weighted by Gasteiger charge is -2.14. The second kappa shape index (κ2) is 6.80. The number of fused-ring (bicyclic) bond motifs is 1. The Morgan fingerprint density at radius 3 is 2.56 bits per heavy atom. The molecule has 1 aromatic carbocycles. The Bertz CT molecular complexity index is 915. The third kappa shape index (κ3) is 3.55. The van der Waals surface area contributed by atoms with Gasteiger partial charge in [0, 0.05) is 30.1 Å². The van der Waals surface area contributed by atoms with Crippen LogP contribution in [0.4, 0.5) is 10.1 Å². The molecule has 25 heavy (non-hydrogen) atoms. The van der Waals surface area contributed by atoms with Gasteiger partial charge < -0.3 is 19.9 Å². The summed E-state index contributed by atoms with van der Waals surface area (Å²) in [4.78, 5) is 8.70. The zero-order chi connectivity index (χ0) is 18.0. The molecular weight excluding hydrogens is 325 g/mol. The Morgan fingerprint density at radius 1 is 1.08 bits per heavy atom. The Kier molecular flexibility index (Phi) is 4.56. The minimum atomic E-state index is -0.558. The third-order valence-electron chi connectivity index (χ3n) is 3.35. The van der Waals surface area contributed by atoms with Gasteiger partial charge in [-0.25, -0.2) is 9.37 Å². The molecule has 0 aliphatic heterocycles. The number of hydrogen-bond donors (Lipinski definition) is 1. The van der Waals surface area contributed by atoms with Gasteiger partial charge in [0.15, 0.2) is 23.1 Å². The van der Waals surface area contributed by atoms with Crippen LogP contribution in [0.5, 0.6) is 23.1 Å². The van der Waals surface area contributed by atoms with Gasteiger partial charge in [-0.2, -0.15) is 0 Å². The van der Waals surface area contributed by atoms with Crippen molar-refractivity contribution in [3.05, 3.63) is 42.3 Å². The molecule has 3 rings (SSSR count). The second-order valence-electron chi connectivity index (χ2n) is 5.63. The van der Waals surface area contributed by atoms with Crippen LogP contribution >= 0.6 is 0 Å². The van der Waals surface area contributed by atoms with Crippen LogP contribution in [-0.2, 0) is 0 Å². The maximum absolute atomic E-state index is 14.0. The molecule has 0 unspecified atom stereocenters. The number of hydrogen-bond acceptors (Lipinski definition) is 6. The Hall–Kier alpha value is -3.09. The molecule has 6 nitrogen and oxygen atoms in total. The third-order valence-corrected chi connectivity index (χ3v) is 3.35. The van der Waals surface area contributed by atoms with Gasteiger partial charge in [0.1, 0.15) is 5.52 Å². The molecule has 0 aliphatic carbocycles. The molecule has 0 aliphatic rings. The van der Waals surface area contributed by atoms with Crippen molar-refractivity contribution >= 4 is 16.7 Å². The molecule has 2 N–H and O–H groups in total. The number of rotatable bonds is 5. The molecular formula is C18H18FN3O3. The summed E-state index contributed by atoms with van der Waals surface area (Å²) < 4.78 is 30.7. The highest BCUT2D eigenvalue weighted by molar-refractivity contribution is 5.83. The van der Waals surface area contributed by atoms with E-state index in [1.807, 2.05) is 13.8 Å². The number of nitrogen functional groups attached to an aromatic ring is 1. The molecule has 3 aromatic rings. The highest BCUT2D eigenvalue weighted by atomic mass is 19.1. The average Bonchev–Trinajstić information content (AvgIpc) is 2.56. The summed E-state index contributed by atoms with van der Waals surface area (Å²) in [5, 5.41) is 0. The number of benzene rings is 1. The summed E-state index contributed by atoms with van der Waals surface area (Å²) in [6, 6.07) is 7.53. The molecule has 0 atom stereocenters. The van der Waals surface area contributed by atoms with Gasteiger partial charge in [-0.05, 0) is 26.0 Å². The molecule has 130 valence electrons. The second-order valence-corrected chi connectivity index (χ2v) is 5.63. The van der Waals surface area contributed by atoms with Crippen LogP contribution in [0.1, 0.15) is 13.8 Å². The normalized spacial score (nSPS) is 10.9. The van der Waals surface area contributed by atoms with E-state index in [-0.39, 0.29) is 11.9 Å². The van der Waals surface area contributed by atoms with E-state index in [1.54, 1.807) is 24.4 Å². The average molecular weight is 343 g/mol. The van der Waals surface area contributed by atoms with Gasteiger partial charge >= 0.3 is 0 Å². The van der Waals surface area contributed by atoms with Crippen LogP contribution in [0.15, 0.2) is 36.5 Å². The van der Waals surface area contributed by atoms with Crippen molar-refractivity contribution in [2.45, 2.75) is 20.0 Å². The smallest absolute Gasteiger partial charge is 0.258 e. The first-order valence-corrected chi connectivity index (χ1v) is 7.71. The molecule has 2 aromatic heterocycles. The van der Waals surface area contributed by atoms with E-state index in [9.17, 15) is 4.39 Å². The molecule has 0 saturated heterocycles. The van der Waals surface area contributed by atoms with Crippen molar-refractivity contribution in [3.8, 4) is 23.1 Å². The van der Waals surface area contributed by atoms with Gasteiger partial charge in [0.2, 0.25) is 0 Å². The van der Waals surface area contributed by atoms with Crippen molar-refractivity contribution in [2.24, 2.45) is 0 Å². The summed E-state index contributed by atoms with van der Waals surface area (Å²) >= 11 is 0. The fraction of sp³-hybridized carbons (Fsp3) is 0.222. The van der Waals surface area contributed by atoms with Crippen LogP contribution in [0.25, 0.3) is 11.0 Å². The van der Waals surface area contributed by atoms with Gasteiger partial charge in [-0.1, -0.05) is 0 Å². The fourth-order valence-electron chi connectivity index (χ4n) is 2.27. The van der Waals surface area contributed by atoms with Gasteiger partial charge in [-0.3, -0.25) is 4.98 Å². The lowest BCUT2D eigenvalue weighted by atomic mass is 10.2. The summed E-state index contributed by atoms with van der Waals surface area (Å²) in [6.45, 7) is 3.77. The van der Waals surface area contributed by atoms with E-state index in [2.05, 4.69) is 9.97 Å². The minimum Gasteiger partial charge on any atom is -0.491 e. The van der Waals surface area contributed by atoms with E-state index in [0.29, 0.717) is 34.1 Å². The lowest BCUT2D eigenvalue weighted by Crippen LogP contribution is -2.08. The minimum absolute atomic E-state index is 0.0469. The van der Waals surface area contributed by atoms with Crippen LogP contribution < -0.4 is 19.9 Å². The predicted octanol–water partition coefficient (Wildman–Crippen LogP) is 3.94. The molecule has 0 spiro atoms. The van der Waals surface area contributed by atoms with E-state index in [4.69, 9.17) is 19.9 Å². The Labute approximate surface area is 144 Å². The largest absolute Gasteiger partial charge is 0.491 e. The van der Waals surface area contributed by atoms with E-state index >= 15 is 0 Å². The zero-order valence-electron chi connectivity index (χ0n) is 14.1. The molecule has 0 fully saturated rings. The fourth-order valence-corrected chi connectivity index (χ4v) is 2.27. The van der Waals surface area contributed by atoms with Gasteiger partial charge in [-0.15, -0.1) is 0 Å². The summed E-state index contributed by atoms with van der Waals surface area (Å²) in [7, 11) is 1.53. The van der Waals surface area contributed by atoms with Crippen molar-refractivity contribution < 1.29 is 18.6 Å². The summed E-state index contributed by atoms with van der Waals surface area (Å²) in [5.74, 6) is 0.623. The topological polar surface area (TPSA) is 79.5 Å². The number of nitrogens with zero attached hydrogens (tertiary/aromatic N) is 2. The van der Waals surface area contributed by atoms with Crippen LogP contribution in [0.2, 0.25) is 0 Å². The van der Waals surface area contributed by atoms with Gasteiger partial charge in [0.25, 0.3) is 5.88 Å². The number of halogens is 1. The van der Waals surface area contributed by atoms with Crippen molar-refractivity contribution in [1.29, 1.82) is 0 Å². The molecule has 2 heterocycles. The van der Waals surface area contributed by atoms with Gasteiger partial charge in [0.05, 0.1) is 18.7 Å². The highest BCUT2D eigenvalue weighted by Gasteiger charge is 2.15. The first kappa shape index (κ1) is 16.8. The molecule has 0 amide bonds. The number of pyridine rings is 2. The number of ether oxygens (including phenoxy) is 3. The monoisotopic (exact) mass is 343 g/mol. The number of aromatic nitrogens is 2. The standard InChI is InChI=1S/C18H18FN3O3/c1-10(2)24-18-16(23-3)9-13-17(22-18)15(6-7-21-13)25-14-5-4-11(20)8-12(14)19/h4-10H,20H2,1-3H3. The van der Waals surface area contributed by atoms with E-state index < -0.39 is 5.82 Å². The summed E-state index contributed by atoms with van der Waals surface area (Å²) in [5.41, 5.74) is 6.86. The summed E-state index contributed by atoms with van der Waals surface area (Å²) in [6.07, 6.45) is 1.46. The van der Waals surface area contributed by atoms with E-state index in [0.717, 1.165) is 0 Å².